The molecule has 37 heavy (non-hydrogen) atoms. The smallest absolute Gasteiger partial charge is 0.357 e. The van der Waals surface area contributed by atoms with Gasteiger partial charge in [-0.25, -0.2) is 0 Å². The summed E-state index contributed by atoms with van der Waals surface area (Å²) in [5.74, 6) is -2.66. The Labute approximate surface area is 221 Å². The molecule has 2 atom stereocenters. The van der Waals surface area contributed by atoms with E-state index in [1.54, 1.807) is 60.7 Å². The van der Waals surface area contributed by atoms with Gasteiger partial charge in [0.05, 0.1) is 27.5 Å². The van der Waals surface area contributed by atoms with Gasteiger partial charge in [-0.3, -0.25) is 14.5 Å². The highest BCUT2D eigenvalue weighted by Crippen LogP contribution is 2.48. The van der Waals surface area contributed by atoms with Crippen molar-refractivity contribution in [3.8, 4) is 0 Å². The highest BCUT2D eigenvalue weighted by molar-refractivity contribution is 6.42. The molecule has 0 saturated carbocycles. The maximum absolute atomic E-state index is 14.0. The van der Waals surface area contributed by atoms with Crippen LogP contribution >= 0.6 is 23.2 Å². The summed E-state index contributed by atoms with van der Waals surface area (Å²) in [7, 11) is 0. The number of carbonyl (C=O) groups is 2. The molecule has 1 aliphatic carbocycles. The molecular weight excluding hydrogens is 524 g/mol. The number of alkyl halides is 3. The summed E-state index contributed by atoms with van der Waals surface area (Å²) in [5, 5.41) is 3.94. The van der Waals surface area contributed by atoms with E-state index < -0.39 is 18.1 Å². The summed E-state index contributed by atoms with van der Waals surface area (Å²) in [4.78, 5) is 27.4. The maximum Gasteiger partial charge on any atom is 0.471 e. The lowest BCUT2D eigenvalue weighted by Gasteiger charge is -2.35. The Balaban J connectivity index is 1.72. The first-order valence-electron chi connectivity index (χ1n) is 11.6. The number of nitrogens with zero attached hydrogens (tertiary/aromatic N) is 1. The lowest BCUT2D eigenvalue weighted by Crippen LogP contribution is -2.45. The Hall–Kier alpha value is -3.29. The van der Waals surface area contributed by atoms with Crippen molar-refractivity contribution < 1.29 is 22.8 Å². The number of Topliss-reactive ketones (excluding diaryl/α,β-unsaturated/α-hetero) is 1. The molecular formula is C28H21Cl2F3N2O2. The average molecular weight is 545 g/mol. The molecule has 0 radical (unpaired) electrons. The van der Waals surface area contributed by atoms with Crippen LogP contribution in [0.5, 0.6) is 0 Å². The van der Waals surface area contributed by atoms with Gasteiger partial charge >= 0.3 is 12.1 Å². The van der Waals surface area contributed by atoms with Gasteiger partial charge in [0.15, 0.2) is 5.78 Å². The molecule has 1 aliphatic heterocycles. The second-order valence-electron chi connectivity index (χ2n) is 9.22. The number of carbonyl (C=O) groups excluding carboxylic acids is 2. The summed E-state index contributed by atoms with van der Waals surface area (Å²) in [5.41, 5.74) is 3.08. The zero-order chi connectivity index (χ0) is 26.5. The van der Waals surface area contributed by atoms with Crippen molar-refractivity contribution in [1.29, 1.82) is 0 Å². The molecule has 2 aliphatic rings. The molecule has 3 aromatic carbocycles. The number of hydrogen-bond acceptors (Lipinski definition) is 3. The third-order valence-electron chi connectivity index (χ3n) is 6.76. The minimum Gasteiger partial charge on any atom is -0.357 e. The first kappa shape index (κ1) is 25.4. The van der Waals surface area contributed by atoms with Gasteiger partial charge in [0.1, 0.15) is 0 Å². The molecule has 0 aromatic heterocycles. The van der Waals surface area contributed by atoms with Crippen LogP contribution in [0.1, 0.15) is 41.5 Å². The minimum atomic E-state index is -5.15. The second kappa shape index (κ2) is 9.54. The summed E-state index contributed by atoms with van der Waals surface area (Å²) in [6, 6.07) is 17.0. The van der Waals surface area contributed by atoms with Crippen LogP contribution in [0, 0.1) is 6.92 Å². The molecule has 5 rings (SSSR count). The van der Waals surface area contributed by atoms with Crippen LogP contribution in [-0.4, -0.2) is 17.9 Å². The largest absolute Gasteiger partial charge is 0.471 e. The predicted octanol–water partition coefficient (Wildman–Crippen LogP) is 7.76. The average Bonchev–Trinajstić information content (AvgIpc) is 2.99. The quantitative estimate of drug-likeness (QED) is 0.358. The first-order valence-corrected chi connectivity index (χ1v) is 12.3. The van der Waals surface area contributed by atoms with E-state index in [0.717, 1.165) is 11.1 Å². The van der Waals surface area contributed by atoms with Crippen molar-refractivity contribution >= 4 is 46.3 Å². The third-order valence-corrected chi connectivity index (χ3v) is 7.50. The van der Waals surface area contributed by atoms with Crippen molar-refractivity contribution in [3.63, 3.8) is 0 Å². The van der Waals surface area contributed by atoms with Gasteiger partial charge in [-0.1, -0.05) is 71.2 Å². The number of fused-ring (bicyclic) bond motifs is 1. The van der Waals surface area contributed by atoms with Crippen molar-refractivity contribution in [2.45, 2.75) is 37.9 Å². The molecule has 0 unspecified atom stereocenters. The number of hydrogen-bond donors (Lipinski definition) is 1. The lowest BCUT2D eigenvalue weighted by molar-refractivity contribution is -0.170. The van der Waals surface area contributed by atoms with Gasteiger partial charge in [-0.2, -0.15) is 13.2 Å². The molecule has 1 amide bonds. The van der Waals surface area contributed by atoms with Gasteiger partial charge in [0.25, 0.3) is 0 Å². The third kappa shape index (κ3) is 4.74. The summed E-state index contributed by atoms with van der Waals surface area (Å²) >= 11 is 12.3. The van der Waals surface area contributed by atoms with Crippen molar-refractivity contribution in [2.24, 2.45) is 0 Å². The van der Waals surface area contributed by atoms with E-state index in [2.05, 4.69) is 5.32 Å². The molecule has 0 fully saturated rings. The van der Waals surface area contributed by atoms with Gasteiger partial charge in [-0.15, -0.1) is 0 Å². The standard InChI is InChI=1S/C28H21Cl2F3N2O2/c1-15-6-8-16(9-7-15)26-25-22(13-18(14-24(25)36)17-10-11-19(29)20(30)12-17)34-21-4-2-3-5-23(21)35(26)27(37)28(31,32)33/h2-12,18,26,34H,13-14H2,1H3/t18-,26+/m0/s1. The number of benzene rings is 3. The molecule has 1 N–H and O–H groups in total. The van der Waals surface area contributed by atoms with Crippen molar-refractivity contribution in [2.75, 3.05) is 10.2 Å². The van der Waals surface area contributed by atoms with E-state index in [9.17, 15) is 22.8 Å². The van der Waals surface area contributed by atoms with Gasteiger partial charge in [0, 0.05) is 17.7 Å². The van der Waals surface area contributed by atoms with E-state index in [1.807, 2.05) is 6.92 Å². The van der Waals surface area contributed by atoms with Crippen molar-refractivity contribution in [3.05, 3.63) is 105 Å². The van der Waals surface area contributed by atoms with E-state index >= 15 is 0 Å². The number of anilines is 2. The molecule has 190 valence electrons. The van der Waals surface area contributed by atoms with Crippen LogP contribution in [0.2, 0.25) is 10.0 Å². The molecule has 0 bridgehead atoms. The molecule has 9 heteroatoms. The number of rotatable bonds is 2. The fraction of sp³-hybridized carbons (Fsp3) is 0.214. The van der Waals surface area contributed by atoms with Gasteiger partial charge in [0.2, 0.25) is 0 Å². The Morgan fingerprint density at radius 2 is 1.62 bits per heavy atom. The molecule has 0 saturated heterocycles. The van der Waals surface area contributed by atoms with Crippen LogP contribution in [0.4, 0.5) is 24.5 Å². The Kier molecular flexibility index (Phi) is 6.54. The molecule has 3 aromatic rings. The number of amides is 1. The van der Waals surface area contributed by atoms with E-state index in [4.69, 9.17) is 23.2 Å². The highest BCUT2D eigenvalue weighted by Gasteiger charge is 2.49. The first-order chi connectivity index (χ1) is 17.5. The Morgan fingerprint density at radius 3 is 2.30 bits per heavy atom. The monoisotopic (exact) mass is 544 g/mol. The molecule has 1 heterocycles. The molecule has 0 spiro atoms. The zero-order valence-electron chi connectivity index (χ0n) is 19.6. The fourth-order valence-corrected chi connectivity index (χ4v) is 5.32. The maximum atomic E-state index is 14.0. The minimum absolute atomic E-state index is 0.0451. The summed E-state index contributed by atoms with van der Waals surface area (Å²) in [6.45, 7) is 1.85. The van der Waals surface area contributed by atoms with Crippen LogP contribution in [-0.2, 0) is 9.59 Å². The molecule has 4 nitrogen and oxygen atoms in total. The van der Waals surface area contributed by atoms with E-state index in [-0.39, 0.29) is 29.4 Å². The fourth-order valence-electron chi connectivity index (χ4n) is 5.02. The van der Waals surface area contributed by atoms with Crippen LogP contribution < -0.4 is 10.2 Å². The van der Waals surface area contributed by atoms with Crippen LogP contribution in [0.3, 0.4) is 0 Å². The zero-order valence-corrected chi connectivity index (χ0v) is 21.1. The number of allylic oxidation sites excluding steroid dienone is 1. The summed E-state index contributed by atoms with van der Waals surface area (Å²) in [6.07, 6.45) is -4.77. The predicted molar refractivity (Wildman–Crippen MR) is 138 cm³/mol. The number of halogens is 5. The number of nitrogens with one attached hydrogen (secondary N) is 1. The topological polar surface area (TPSA) is 49.4 Å². The lowest BCUT2D eigenvalue weighted by atomic mass is 9.78. The van der Waals surface area contributed by atoms with Gasteiger partial charge < -0.3 is 5.32 Å². The SMILES string of the molecule is Cc1ccc([C@@H]2C3=C(C[C@H](c4ccc(Cl)c(Cl)c4)CC3=O)Nc3ccccc3N2C(=O)C(F)(F)F)cc1. The highest BCUT2D eigenvalue weighted by atomic mass is 35.5. The Morgan fingerprint density at radius 1 is 0.946 bits per heavy atom. The van der Waals surface area contributed by atoms with Crippen LogP contribution in [0.15, 0.2) is 78.0 Å². The second-order valence-corrected chi connectivity index (χ2v) is 10.0. The number of aryl methyl sites for hydroxylation is 1. The van der Waals surface area contributed by atoms with Crippen molar-refractivity contribution in [1.82, 2.24) is 0 Å². The number of ketones is 1. The summed E-state index contributed by atoms with van der Waals surface area (Å²) < 4.78 is 41.9. The normalized spacial score (nSPS) is 19.6. The van der Waals surface area contributed by atoms with Crippen LogP contribution in [0.25, 0.3) is 0 Å². The number of para-hydroxylation sites is 2. The van der Waals surface area contributed by atoms with E-state index in [0.29, 0.717) is 38.3 Å². The van der Waals surface area contributed by atoms with Gasteiger partial charge in [-0.05, 0) is 54.7 Å². The Bertz CT molecular complexity index is 1430. The van der Waals surface area contributed by atoms with E-state index in [1.165, 1.54) is 6.07 Å².